The van der Waals surface area contributed by atoms with Gasteiger partial charge in [0.1, 0.15) is 0 Å². The van der Waals surface area contributed by atoms with Crippen molar-refractivity contribution < 1.29 is 5.11 Å². The standard InChI is InChI=1S/C20H30O/c1-19-8-6-17-15-10-12(9-13(19)3-4-16(15)19)18-11-14(21)5-7-20(17,18)2/h11-17,21H,3-10H2,1-2H3/t12?,13?,14-,15+,16+,17+,19-,20-/m1/s1. The molecule has 0 aliphatic heterocycles. The lowest BCUT2D eigenvalue weighted by Gasteiger charge is -2.58. The second-order valence-corrected chi connectivity index (χ2v) is 9.51. The normalized spacial score (nSPS) is 61.2. The molecule has 0 aromatic carbocycles. The first kappa shape index (κ1) is 13.2. The third-order valence-corrected chi connectivity index (χ3v) is 9.01. The lowest BCUT2D eigenvalue weighted by atomic mass is 9.47. The molecule has 21 heavy (non-hydrogen) atoms. The van der Waals surface area contributed by atoms with E-state index in [-0.39, 0.29) is 6.10 Å². The van der Waals surface area contributed by atoms with E-state index in [0.717, 1.165) is 36.0 Å². The Bertz CT molecular complexity index is 508. The van der Waals surface area contributed by atoms with Crippen molar-refractivity contribution in [2.75, 3.05) is 0 Å². The van der Waals surface area contributed by atoms with E-state index in [0.29, 0.717) is 10.8 Å². The summed E-state index contributed by atoms with van der Waals surface area (Å²) >= 11 is 0. The van der Waals surface area contributed by atoms with Crippen LogP contribution in [0.3, 0.4) is 0 Å². The second-order valence-electron chi connectivity index (χ2n) is 9.51. The Hall–Kier alpha value is -0.300. The van der Waals surface area contributed by atoms with Crippen molar-refractivity contribution in [1.29, 1.82) is 0 Å². The van der Waals surface area contributed by atoms with Crippen molar-refractivity contribution >= 4 is 0 Å². The summed E-state index contributed by atoms with van der Waals surface area (Å²) in [7, 11) is 0. The van der Waals surface area contributed by atoms with Crippen LogP contribution in [-0.4, -0.2) is 11.2 Å². The van der Waals surface area contributed by atoms with Gasteiger partial charge in [-0.2, -0.15) is 0 Å². The van der Waals surface area contributed by atoms with E-state index in [2.05, 4.69) is 19.9 Å². The summed E-state index contributed by atoms with van der Waals surface area (Å²) in [6, 6.07) is 0. The van der Waals surface area contributed by atoms with Crippen molar-refractivity contribution in [1.82, 2.24) is 0 Å². The fraction of sp³-hybridized carbons (Fsp3) is 0.900. The molecule has 8 atom stereocenters. The van der Waals surface area contributed by atoms with Crippen LogP contribution in [0.1, 0.15) is 65.2 Å². The quantitative estimate of drug-likeness (QED) is 0.647. The highest BCUT2D eigenvalue weighted by Gasteiger charge is 2.63. The summed E-state index contributed by atoms with van der Waals surface area (Å²) in [5.41, 5.74) is 2.79. The number of hydrogen-bond donors (Lipinski definition) is 1. The summed E-state index contributed by atoms with van der Waals surface area (Å²) in [5.74, 6) is 4.72. The molecule has 4 saturated carbocycles. The van der Waals surface area contributed by atoms with Crippen molar-refractivity contribution in [2.45, 2.75) is 71.3 Å². The first-order valence-electron chi connectivity index (χ1n) is 9.42. The predicted octanol–water partition coefficient (Wildman–Crippen LogP) is 4.56. The van der Waals surface area contributed by atoms with Crippen LogP contribution in [0.5, 0.6) is 0 Å². The maximum Gasteiger partial charge on any atom is 0.0724 e. The third kappa shape index (κ3) is 1.47. The van der Waals surface area contributed by atoms with E-state index >= 15 is 0 Å². The number of aliphatic hydroxyl groups is 1. The Morgan fingerprint density at radius 3 is 2.71 bits per heavy atom. The molecule has 1 heteroatoms. The molecular weight excluding hydrogens is 256 g/mol. The van der Waals surface area contributed by atoms with Crippen LogP contribution in [0.4, 0.5) is 0 Å². The zero-order valence-electron chi connectivity index (χ0n) is 13.6. The molecule has 2 unspecified atom stereocenters. The van der Waals surface area contributed by atoms with Gasteiger partial charge in [-0.3, -0.25) is 0 Å². The maximum atomic E-state index is 10.2. The van der Waals surface area contributed by atoms with Crippen molar-refractivity contribution in [3.8, 4) is 0 Å². The molecule has 1 nitrogen and oxygen atoms in total. The minimum Gasteiger partial charge on any atom is -0.389 e. The van der Waals surface area contributed by atoms with Crippen LogP contribution in [0, 0.1) is 40.4 Å². The second kappa shape index (κ2) is 3.96. The van der Waals surface area contributed by atoms with Gasteiger partial charge < -0.3 is 5.11 Å². The monoisotopic (exact) mass is 286 g/mol. The fourth-order valence-electron chi connectivity index (χ4n) is 8.00. The van der Waals surface area contributed by atoms with Crippen LogP contribution in [-0.2, 0) is 0 Å². The molecular formula is C20H30O. The molecule has 1 N–H and O–H groups in total. The van der Waals surface area contributed by atoms with Crippen molar-refractivity contribution in [3.05, 3.63) is 11.6 Å². The van der Waals surface area contributed by atoms with Crippen LogP contribution in [0.2, 0.25) is 0 Å². The number of hydrogen-bond acceptors (Lipinski definition) is 1. The highest BCUT2D eigenvalue weighted by molar-refractivity contribution is 5.29. The van der Waals surface area contributed by atoms with Gasteiger partial charge in [0.15, 0.2) is 0 Å². The summed E-state index contributed by atoms with van der Waals surface area (Å²) < 4.78 is 0. The molecule has 0 amide bonds. The molecule has 116 valence electrons. The largest absolute Gasteiger partial charge is 0.389 e. The molecule has 0 aromatic rings. The fourth-order valence-corrected chi connectivity index (χ4v) is 8.00. The lowest BCUT2D eigenvalue weighted by molar-refractivity contribution is -0.0438. The van der Waals surface area contributed by atoms with Gasteiger partial charge in [0.2, 0.25) is 0 Å². The average Bonchev–Trinajstić information content (AvgIpc) is 2.74. The van der Waals surface area contributed by atoms with Crippen LogP contribution < -0.4 is 0 Å². The first-order valence-corrected chi connectivity index (χ1v) is 9.42. The van der Waals surface area contributed by atoms with Gasteiger partial charge in [-0.15, -0.1) is 0 Å². The van der Waals surface area contributed by atoms with Crippen LogP contribution in [0.15, 0.2) is 11.6 Å². The number of allylic oxidation sites excluding steroid dienone is 1. The molecule has 4 fully saturated rings. The topological polar surface area (TPSA) is 20.2 Å². The predicted molar refractivity (Wildman–Crippen MR) is 84.7 cm³/mol. The van der Waals surface area contributed by atoms with Gasteiger partial charge in [0.05, 0.1) is 6.10 Å². The molecule has 0 aromatic heterocycles. The molecule has 0 saturated heterocycles. The number of rotatable bonds is 0. The van der Waals surface area contributed by atoms with Crippen LogP contribution in [0.25, 0.3) is 0 Å². The average molecular weight is 286 g/mol. The molecule has 0 heterocycles. The van der Waals surface area contributed by atoms with E-state index in [4.69, 9.17) is 0 Å². The molecule has 5 rings (SSSR count). The maximum absolute atomic E-state index is 10.2. The number of fused-ring (bicyclic) bond motifs is 4. The highest BCUT2D eigenvalue weighted by atomic mass is 16.3. The van der Waals surface area contributed by atoms with E-state index in [1.807, 2.05) is 0 Å². The summed E-state index contributed by atoms with van der Waals surface area (Å²) in [5, 5.41) is 10.2. The molecule has 0 radical (unpaired) electrons. The van der Waals surface area contributed by atoms with Gasteiger partial charge in [0, 0.05) is 0 Å². The van der Waals surface area contributed by atoms with E-state index < -0.39 is 0 Å². The molecule has 0 spiro atoms. The van der Waals surface area contributed by atoms with Gasteiger partial charge in [-0.25, -0.2) is 0 Å². The SMILES string of the molecule is C[C@]12CC[C@@H](O)C=C1C1CC3CC[C@H]4[C@H](C1)[C@@H]2CC[C@]34C. The lowest BCUT2D eigenvalue weighted by Crippen LogP contribution is -2.50. The third-order valence-electron chi connectivity index (χ3n) is 9.01. The van der Waals surface area contributed by atoms with Crippen molar-refractivity contribution in [3.63, 3.8) is 0 Å². The Morgan fingerprint density at radius 1 is 1.00 bits per heavy atom. The Balaban J connectivity index is 1.67. The summed E-state index contributed by atoms with van der Waals surface area (Å²) in [6.45, 7) is 5.21. The zero-order valence-corrected chi connectivity index (χ0v) is 13.6. The molecule has 5 aliphatic carbocycles. The summed E-state index contributed by atoms with van der Waals surface area (Å²) in [6.07, 6.45) is 13.2. The minimum atomic E-state index is -0.155. The number of aliphatic hydroxyl groups excluding tert-OH is 1. The summed E-state index contributed by atoms with van der Waals surface area (Å²) in [4.78, 5) is 0. The highest BCUT2D eigenvalue weighted by Crippen LogP contribution is 2.71. The zero-order chi connectivity index (χ0) is 14.4. The van der Waals surface area contributed by atoms with Crippen LogP contribution >= 0.6 is 0 Å². The van der Waals surface area contributed by atoms with E-state index in [1.54, 1.807) is 5.57 Å². The Kier molecular flexibility index (Phi) is 2.48. The van der Waals surface area contributed by atoms with Gasteiger partial charge in [0.25, 0.3) is 0 Å². The smallest absolute Gasteiger partial charge is 0.0724 e. The Morgan fingerprint density at radius 2 is 1.86 bits per heavy atom. The van der Waals surface area contributed by atoms with Gasteiger partial charge in [-0.05, 0) is 91.8 Å². The first-order chi connectivity index (χ1) is 10.0. The minimum absolute atomic E-state index is 0.155. The van der Waals surface area contributed by atoms with E-state index in [9.17, 15) is 5.11 Å². The van der Waals surface area contributed by atoms with E-state index in [1.165, 1.54) is 44.9 Å². The van der Waals surface area contributed by atoms with Gasteiger partial charge >= 0.3 is 0 Å². The Labute approximate surface area is 129 Å². The van der Waals surface area contributed by atoms with Gasteiger partial charge in [-0.1, -0.05) is 25.5 Å². The molecule has 5 bridgehead atoms. The molecule has 5 aliphatic rings. The van der Waals surface area contributed by atoms with Crippen molar-refractivity contribution in [2.24, 2.45) is 40.4 Å².